The van der Waals surface area contributed by atoms with Crippen LogP contribution in [0.25, 0.3) is 0 Å². The summed E-state index contributed by atoms with van der Waals surface area (Å²) >= 11 is 1.39. The van der Waals surface area contributed by atoms with Gasteiger partial charge < -0.3 is 5.32 Å². The zero-order valence-electron chi connectivity index (χ0n) is 12.5. The third kappa shape index (κ3) is 3.47. The molecule has 1 aromatic carbocycles. The molecule has 0 saturated heterocycles. The summed E-state index contributed by atoms with van der Waals surface area (Å²) in [6.45, 7) is 1.89. The fourth-order valence-electron chi connectivity index (χ4n) is 2.75. The Balaban J connectivity index is 1.65. The molecule has 5 heteroatoms. The molecule has 22 heavy (non-hydrogen) atoms. The number of amides is 1. The number of aromatic nitrogens is 2. The minimum atomic E-state index is -0.212. The van der Waals surface area contributed by atoms with Crippen molar-refractivity contribution in [3.05, 3.63) is 53.9 Å². The number of benzene rings is 1. The van der Waals surface area contributed by atoms with E-state index in [0.29, 0.717) is 5.16 Å². The van der Waals surface area contributed by atoms with E-state index in [-0.39, 0.29) is 17.2 Å². The summed E-state index contributed by atoms with van der Waals surface area (Å²) in [6, 6.07) is 10.3. The quantitative estimate of drug-likeness (QED) is 0.696. The molecule has 0 spiro atoms. The molecule has 0 bridgehead atoms. The van der Waals surface area contributed by atoms with Crippen LogP contribution in [0.3, 0.4) is 0 Å². The van der Waals surface area contributed by atoms with E-state index in [2.05, 4.69) is 33.5 Å². The van der Waals surface area contributed by atoms with Crippen LogP contribution in [0.5, 0.6) is 0 Å². The number of carbonyl (C=O) groups excluding carboxylic acids is 1. The van der Waals surface area contributed by atoms with Crippen molar-refractivity contribution < 1.29 is 4.79 Å². The lowest BCUT2D eigenvalue weighted by atomic mass is 9.88. The summed E-state index contributed by atoms with van der Waals surface area (Å²) in [4.78, 5) is 20.7. The molecule has 1 aliphatic rings. The minimum absolute atomic E-state index is 0.0409. The van der Waals surface area contributed by atoms with Crippen molar-refractivity contribution in [2.45, 2.75) is 42.6 Å². The van der Waals surface area contributed by atoms with Gasteiger partial charge in [0, 0.05) is 12.4 Å². The first-order valence-electron chi connectivity index (χ1n) is 7.56. The van der Waals surface area contributed by atoms with Gasteiger partial charge in [-0.15, -0.1) is 0 Å². The van der Waals surface area contributed by atoms with E-state index in [4.69, 9.17) is 0 Å². The second-order valence-corrected chi connectivity index (χ2v) is 6.75. The van der Waals surface area contributed by atoms with Crippen molar-refractivity contribution in [1.82, 2.24) is 15.3 Å². The summed E-state index contributed by atoms with van der Waals surface area (Å²) < 4.78 is 0. The summed E-state index contributed by atoms with van der Waals surface area (Å²) in [7, 11) is 0. The lowest BCUT2D eigenvalue weighted by molar-refractivity contribution is -0.121. The molecule has 2 aromatic rings. The number of hydrogen-bond acceptors (Lipinski definition) is 4. The van der Waals surface area contributed by atoms with Gasteiger partial charge in [0.2, 0.25) is 5.91 Å². The van der Waals surface area contributed by atoms with Crippen LogP contribution >= 0.6 is 11.8 Å². The minimum Gasteiger partial charge on any atom is -0.348 e. The van der Waals surface area contributed by atoms with Crippen LogP contribution in [0.4, 0.5) is 0 Å². The van der Waals surface area contributed by atoms with Gasteiger partial charge in [0.15, 0.2) is 5.16 Å². The Bertz CT molecular complexity index is 647. The largest absolute Gasteiger partial charge is 0.348 e. The van der Waals surface area contributed by atoms with Crippen LogP contribution in [0, 0.1) is 0 Å². The van der Waals surface area contributed by atoms with Gasteiger partial charge in [-0.05, 0) is 43.4 Å². The second kappa shape index (κ2) is 6.92. The van der Waals surface area contributed by atoms with Crippen molar-refractivity contribution >= 4 is 17.7 Å². The molecule has 1 amide bonds. The molecule has 0 unspecified atom stereocenters. The highest BCUT2D eigenvalue weighted by atomic mass is 32.2. The van der Waals surface area contributed by atoms with E-state index in [1.807, 2.05) is 13.0 Å². The van der Waals surface area contributed by atoms with Crippen molar-refractivity contribution in [2.24, 2.45) is 0 Å². The number of nitrogens with one attached hydrogen (secondary N) is 1. The SMILES string of the molecule is C[C@@H](Sc1ncccn1)C(=O)N[C@H]1CCCc2ccccc21. The van der Waals surface area contributed by atoms with Gasteiger partial charge in [-0.3, -0.25) is 4.79 Å². The van der Waals surface area contributed by atoms with Crippen LogP contribution in [-0.4, -0.2) is 21.1 Å². The lowest BCUT2D eigenvalue weighted by Crippen LogP contribution is -2.36. The average Bonchev–Trinajstić information content (AvgIpc) is 2.56. The monoisotopic (exact) mass is 313 g/mol. The Kier molecular flexibility index (Phi) is 4.73. The number of aryl methyl sites for hydroxylation is 1. The maximum Gasteiger partial charge on any atom is 0.233 e. The normalized spacial score (nSPS) is 18.3. The summed E-state index contributed by atoms with van der Waals surface area (Å²) in [6.07, 6.45) is 6.60. The number of carbonyl (C=O) groups is 1. The lowest BCUT2D eigenvalue weighted by Gasteiger charge is -2.27. The summed E-state index contributed by atoms with van der Waals surface area (Å²) in [5.74, 6) is 0.0409. The topological polar surface area (TPSA) is 54.9 Å². The highest BCUT2D eigenvalue weighted by Crippen LogP contribution is 2.30. The number of thioether (sulfide) groups is 1. The maximum atomic E-state index is 12.4. The molecule has 3 rings (SSSR count). The molecular formula is C17H19N3OS. The number of hydrogen-bond donors (Lipinski definition) is 1. The van der Waals surface area contributed by atoms with Gasteiger partial charge in [0.25, 0.3) is 0 Å². The van der Waals surface area contributed by atoms with Crippen molar-refractivity contribution in [3.63, 3.8) is 0 Å². The Morgan fingerprint density at radius 2 is 2.05 bits per heavy atom. The highest BCUT2D eigenvalue weighted by molar-refractivity contribution is 8.00. The molecule has 114 valence electrons. The van der Waals surface area contributed by atoms with Crippen LogP contribution in [-0.2, 0) is 11.2 Å². The Morgan fingerprint density at radius 3 is 2.86 bits per heavy atom. The van der Waals surface area contributed by atoms with E-state index in [0.717, 1.165) is 19.3 Å². The molecule has 1 heterocycles. The van der Waals surface area contributed by atoms with E-state index >= 15 is 0 Å². The maximum absolute atomic E-state index is 12.4. The average molecular weight is 313 g/mol. The molecule has 0 aliphatic heterocycles. The molecular weight excluding hydrogens is 294 g/mol. The van der Waals surface area contributed by atoms with Crippen LogP contribution in [0.15, 0.2) is 47.9 Å². The first-order chi connectivity index (χ1) is 10.7. The van der Waals surface area contributed by atoms with Gasteiger partial charge in [-0.2, -0.15) is 0 Å². The van der Waals surface area contributed by atoms with Crippen molar-refractivity contribution in [3.8, 4) is 0 Å². The van der Waals surface area contributed by atoms with Crippen LogP contribution in [0.2, 0.25) is 0 Å². The molecule has 0 fully saturated rings. The van der Waals surface area contributed by atoms with E-state index in [1.54, 1.807) is 18.5 Å². The summed E-state index contributed by atoms with van der Waals surface area (Å²) in [5, 5.41) is 3.60. The van der Waals surface area contributed by atoms with Crippen LogP contribution in [0.1, 0.15) is 36.9 Å². The van der Waals surface area contributed by atoms with E-state index in [9.17, 15) is 4.79 Å². The molecule has 1 aliphatic carbocycles. The zero-order chi connectivity index (χ0) is 15.4. The van der Waals surface area contributed by atoms with Gasteiger partial charge >= 0.3 is 0 Å². The highest BCUT2D eigenvalue weighted by Gasteiger charge is 2.24. The predicted octanol–water partition coefficient (Wildman–Crippen LogP) is 3.15. The number of rotatable bonds is 4. The van der Waals surface area contributed by atoms with E-state index in [1.165, 1.54) is 22.9 Å². The van der Waals surface area contributed by atoms with Gasteiger partial charge in [0.05, 0.1) is 11.3 Å². The number of nitrogens with zero attached hydrogens (tertiary/aromatic N) is 2. The molecule has 1 N–H and O–H groups in total. The predicted molar refractivity (Wildman–Crippen MR) is 87.6 cm³/mol. The van der Waals surface area contributed by atoms with Gasteiger partial charge in [-0.1, -0.05) is 36.0 Å². The third-order valence-electron chi connectivity index (χ3n) is 3.88. The first-order valence-corrected chi connectivity index (χ1v) is 8.44. The van der Waals surface area contributed by atoms with Gasteiger partial charge in [0.1, 0.15) is 0 Å². The Labute approximate surface area is 134 Å². The zero-order valence-corrected chi connectivity index (χ0v) is 13.3. The Morgan fingerprint density at radius 1 is 1.27 bits per heavy atom. The van der Waals surface area contributed by atoms with Gasteiger partial charge in [-0.25, -0.2) is 9.97 Å². The molecule has 0 radical (unpaired) electrons. The second-order valence-electron chi connectivity index (χ2n) is 5.44. The van der Waals surface area contributed by atoms with Crippen molar-refractivity contribution in [2.75, 3.05) is 0 Å². The smallest absolute Gasteiger partial charge is 0.233 e. The first kappa shape index (κ1) is 15.0. The Hall–Kier alpha value is -1.88. The molecule has 1 aromatic heterocycles. The standard InChI is InChI=1S/C17H19N3OS/c1-12(22-17-18-10-5-11-19-17)16(21)20-15-9-4-7-13-6-2-3-8-14(13)15/h2-3,5-6,8,10-12,15H,4,7,9H2,1H3,(H,20,21)/t12-,15+/m1/s1. The summed E-state index contributed by atoms with van der Waals surface area (Å²) in [5.41, 5.74) is 2.61. The third-order valence-corrected chi connectivity index (χ3v) is 4.87. The molecule has 4 nitrogen and oxygen atoms in total. The van der Waals surface area contributed by atoms with Crippen molar-refractivity contribution in [1.29, 1.82) is 0 Å². The fourth-order valence-corrected chi connectivity index (χ4v) is 3.49. The van der Waals surface area contributed by atoms with E-state index < -0.39 is 0 Å². The number of fused-ring (bicyclic) bond motifs is 1. The fraction of sp³-hybridized carbons (Fsp3) is 0.353. The molecule has 0 saturated carbocycles. The molecule has 2 atom stereocenters. The van der Waals surface area contributed by atoms with Crippen LogP contribution < -0.4 is 5.32 Å².